The summed E-state index contributed by atoms with van der Waals surface area (Å²) in [6, 6.07) is 9.86. The number of halogens is 1. The fourth-order valence-corrected chi connectivity index (χ4v) is 4.13. The smallest absolute Gasteiger partial charge is 0.324 e. The van der Waals surface area contributed by atoms with Crippen LogP contribution in [0.1, 0.15) is 23.1 Å². The third kappa shape index (κ3) is 5.72. The molecular formula is C22H22FN5O4S. The van der Waals surface area contributed by atoms with Gasteiger partial charge in [-0.25, -0.2) is 8.42 Å². The molecule has 3 rings (SSSR count). The highest BCUT2D eigenvalue weighted by atomic mass is 32.2. The third-order valence-corrected chi connectivity index (χ3v) is 6.04. The number of aromatic nitrogens is 3. The first-order valence-electron chi connectivity index (χ1n) is 9.94. The van der Waals surface area contributed by atoms with Crippen molar-refractivity contribution in [1.82, 2.24) is 14.5 Å². The SMILES string of the molecule is Cc1cccc(C#N)c1Oc1nc(NS(=O)(=O)CCCF)cc(-c2cc(C)c(=O)n(C)c2)n1. The minimum atomic E-state index is -3.87. The van der Waals surface area contributed by atoms with Crippen molar-refractivity contribution in [3.05, 3.63) is 63.6 Å². The lowest BCUT2D eigenvalue weighted by atomic mass is 10.1. The van der Waals surface area contributed by atoms with E-state index in [4.69, 9.17) is 4.74 Å². The zero-order chi connectivity index (χ0) is 24.2. The number of benzene rings is 1. The minimum Gasteiger partial charge on any atom is -0.423 e. The molecule has 0 amide bonds. The van der Waals surface area contributed by atoms with Gasteiger partial charge in [0.25, 0.3) is 5.56 Å². The lowest BCUT2D eigenvalue weighted by Gasteiger charge is -2.13. The second kappa shape index (κ2) is 9.79. The zero-order valence-electron chi connectivity index (χ0n) is 18.3. The van der Waals surface area contributed by atoms with Crippen LogP contribution < -0.4 is 15.0 Å². The molecule has 0 saturated carbocycles. The summed E-state index contributed by atoms with van der Waals surface area (Å²) in [5.41, 5.74) is 2.00. The van der Waals surface area contributed by atoms with Gasteiger partial charge in [-0.1, -0.05) is 12.1 Å². The van der Waals surface area contributed by atoms with Crippen LogP contribution in [-0.2, 0) is 17.1 Å². The predicted octanol–water partition coefficient (Wildman–Crippen LogP) is 3.22. The Bertz CT molecular complexity index is 1370. The van der Waals surface area contributed by atoms with Gasteiger partial charge in [-0.05, 0) is 38.0 Å². The fraction of sp³-hybridized carbons (Fsp3) is 0.273. The number of alkyl halides is 1. The summed E-state index contributed by atoms with van der Waals surface area (Å²) in [4.78, 5) is 20.6. The van der Waals surface area contributed by atoms with E-state index in [1.807, 2.05) is 6.07 Å². The molecule has 9 nitrogen and oxygen atoms in total. The summed E-state index contributed by atoms with van der Waals surface area (Å²) in [5.74, 6) is -0.276. The Morgan fingerprint density at radius 2 is 1.97 bits per heavy atom. The number of sulfonamides is 1. The van der Waals surface area contributed by atoms with Crippen molar-refractivity contribution < 1.29 is 17.5 Å². The Kier molecular flexibility index (Phi) is 7.08. The highest BCUT2D eigenvalue weighted by Gasteiger charge is 2.17. The number of pyridine rings is 1. The molecule has 2 aromatic heterocycles. The van der Waals surface area contributed by atoms with E-state index in [0.717, 1.165) is 0 Å². The maximum absolute atomic E-state index is 12.5. The van der Waals surface area contributed by atoms with Gasteiger partial charge in [-0.2, -0.15) is 15.2 Å². The van der Waals surface area contributed by atoms with E-state index in [1.165, 1.54) is 10.6 Å². The van der Waals surface area contributed by atoms with Gasteiger partial charge in [-0.3, -0.25) is 13.9 Å². The first kappa shape index (κ1) is 23.9. The largest absolute Gasteiger partial charge is 0.423 e. The van der Waals surface area contributed by atoms with Crippen LogP contribution in [0, 0.1) is 25.2 Å². The van der Waals surface area contributed by atoms with Crippen LogP contribution in [-0.4, -0.2) is 35.4 Å². The van der Waals surface area contributed by atoms with Crippen molar-refractivity contribution >= 4 is 15.8 Å². The van der Waals surface area contributed by atoms with Crippen molar-refractivity contribution in [1.29, 1.82) is 5.26 Å². The van der Waals surface area contributed by atoms with Crippen molar-refractivity contribution in [3.8, 4) is 29.1 Å². The molecule has 0 atom stereocenters. The Morgan fingerprint density at radius 1 is 1.21 bits per heavy atom. The Labute approximate surface area is 190 Å². The van der Waals surface area contributed by atoms with Crippen molar-refractivity contribution in [3.63, 3.8) is 0 Å². The molecule has 1 aromatic carbocycles. The minimum absolute atomic E-state index is 0.0903. The van der Waals surface area contributed by atoms with Crippen LogP contribution in [0.3, 0.4) is 0 Å². The monoisotopic (exact) mass is 471 g/mol. The van der Waals surface area contributed by atoms with E-state index in [2.05, 4.69) is 14.7 Å². The topological polar surface area (TPSA) is 127 Å². The summed E-state index contributed by atoms with van der Waals surface area (Å²) < 4.78 is 46.6. The van der Waals surface area contributed by atoms with Gasteiger partial charge in [0, 0.05) is 30.4 Å². The summed E-state index contributed by atoms with van der Waals surface area (Å²) in [7, 11) is -2.28. The van der Waals surface area contributed by atoms with Crippen molar-refractivity contribution in [2.75, 3.05) is 17.1 Å². The quantitative estimate of drug-likeness (QED) is 0.534. The fourth-order valence-electron chi connectivity index (χ4n) is 3.11. The number of ether oxygens (including phenoxy) is 1. The summed E-state index contributed by atoms with van der Waals surface area (Å²) in [6.45, 7) is 2.63. The average molecular weight is 472 g/mol. The Morgan fingerprint density at radius 3 is 2.64 bits per heavy atom. The molecule has 172 valence electrons. The first-order valence-corrected chi connectivity index (χ1v) is 11.6. The average Bonchev–Trinajstić information content (AvgIpc) is 2.76. The van der Waals surface area contributed by atoms with Gasteiger partial charge in [0.15, 0.2) is 5.75 Å². The number of nitrogens with zero attached hydrogens (tertiary/aromatic N) is 4. The summed E-state index contributed by atoms with van der Waals surface area (Å²) in [6.07, 6.45) is 1.39. The molecule has 33 heavy (non-hydrogen) atoms. The number of aryl methyl sites for hydroxylation is 3. The molecule has 0 aliphatic heterocycles. The van der Waals surface area contributed by atoms with Crippen LogP contribution >= 0.6 is 0 Å². The third-order valence-electron chi connectivity index (χ3n) is 4.70. The number of rotatable bonds is 8. The highest BCUT2D eigenvalue weighted by molar-refractivity contribution is 7.92. The van der Waals surface area contributed by atoms with E-state index in [1.54, 1.807) is 51.4 Å². The normalized spacial score (nSPS) is 11.1. The van der Waals surface area contributed by atoms with Gasteiger partial charge in [0.2, 0.25) is 10.0 Å². The molecule has 0 bridgehead atoms. The Hall–Kier alpha value is -3.78. The maximum atomic E-state index is 12.5. The van der Waals surface area contributed by atoms with E-state index < -0.39 is 22.5 Å². The maximum Gasteiger partial charge on any atom is 0.324 e. The number of hydrogen-bond donors (Lipinski definition) is 1. The van der Waals surface area contributed by atoms with Crippen LogP contribution in [0.15, 0.2) is 41.3 Å². The molecule has 0 saturated heterocycles. The predicted molar refractivity (Wildman–Crippen MR) is 121 cm³/mol. The zero-order valence-corrected chi connectivity index (χ0v) is 19.1. The molecule has 3 aromatic rings. The number of hydrogen-bond acceptors (Lipinski definition) is 7. The molecule has 0 aliphatic rings. The molecule has 11 heteroatoms. The lowest BCUT2D eigenvalue weighted by molar-refractivity contribution is 0.439. The van der Waals surface area contributed by atoms with Crippen LogP contribution in [0.2, 0.25) is 0 Å². The molecule has 0 radical (unpaired) electrons. The van der Waals surface area contributed by atoms with Gasteiger partial charge >= 0.3 is 6.01 Å². The van der Waals surface area contributed by atoms with Crippen LogP contribution in [0.25, 0.3) is 11.3 Å². The molecule has 2 heterocycles. The van der Waals surface area contributed by atoms with Gasteiger partial charge in [0.1, 0.15) is 11.9 Å². The number of para-hydroxylation sites is 1. The second-order valence-corrected chi connectivity index (χ2v) is 9.22. The van der Waals surface area contributed by atoms with E-state index in [0.29, 0.717) is 16.7 Å². The van der Waals surface area contributed by atoms with Gasteiger partial charge in [-0.15, -0.1) is 0 Å². The molecular weight excluding hydrogens is 449 g/mol. The molecule has 1 N–H and O–H groups in total. The van der Waals surface area contributed by atoms with E-state index >= 15 is 0 Å². The molecule has 0 fully saturated rings. The Balaban J connectivity index is 2.13. The van der Waals surface area contributed by atoms with E-state index in [9.17, 15) is 22.9 Å². The van der Waals surface area contributed by atoms with Gasteiger partial charge < -0.3 is 9.30 Å². The van der Waals surface area contributed by atoms with Crippen molar-refractivity contribution in [2.24, 2.45) is 7.05 Å². The number of anilines is 1. The van der Waals surface area contributed by atoms with Crippen LogP contribution in [0.4, 0.5) is 10.2 Å². The molecule has 0 spiro atoms. The number of nitriles is 1. The standard InChI is InChI=1S/C22H22FN5O4S/c1-14-6-4-7-16(12-24)20(14)32-22-25-18(17-10-15(2)21(29)28(3)13-17)11-19(26-22)27-33(30,31)9-5-8-23/h4,6-7,10-11,13H,5,8-9H2,1-3H3,(H,25,26,27). The highest BCUT2D eigenvalue weighted by Crippen LogP contribution is 2.29. The van der Waals surface area contributed by atoms with Gasteiger partial charge in [0.05, 0.1) is 23.7 Å². The van der Waals surface area contributed by atoms with Crippen molar-refractivity contribution in [2.45, 2.75) is 20.3 Å². The lowest BCUT2D eigenvalue weighted by Crippen LogP contribution is -2.19. The molecule has 0 aliphatic carbocycles. The first-order chi connectivity index (χ1) is 15.6. The van der Waals surface area contributed by atoms with E-state index in [-0.39, 0.29) is 40.8 Å². The summed E-state index contributed by atoms with van der Waals surface area (Å²) >= 11 is 0. The second-order valence-electron chi connectivity index (χ2n) is 7.38. The van der Waals surface area contributed by atoms with Crippen LogP contribution in [0.5, 0.6) is 11.8 Å². The number of nitrogens with one attached hydrogen (secondary N) is 1. The molecule has 0 unspecified atom stereocenters. The summed E-state index contributed by atoms with van der Waals surface area (Å²) in [5, 5.41) is 9.40.